The predicted molar refractivity (Wildman–Crippen MR) is 112 cm³/mol. The van der Waals surface area contributed by atoms with E-state index in [2.05, 4.69) is 20.3 Å². The Hall–Kier alpha value is -1.85. The van der Waals surface area contributed by atoms with Gasteiger partial charge in [-0.05, 0) is 0 Å². The summed E-state index contributed by atoms with van der Waals surface area (Å²) in [5.41, 5.74) is 5.98. The van der Waals surface area contributed by atoms with Gasteiger partial charge in [0.2, 0.25) is 0 Å². The van der Waals surface area contributed by atoms with Crippen LogP contribution in [0.1, 0.15) is 5.56 Å². The molecule has 4 aromatic rings. The number of thiazole rings is 1. The van der Waals surface area contributed by atoms with Gasteiger partial charge in [0.25, 0.3) is 0 Å². The molecule has 2 aromatic carbocycles. The van der Waals surface area contributed by atoms with E-state index in [-0.39, 0.29) is 4.69 Å². The molecule has 0 aliphatic rings. The first kappa shape index (κ1) is 18.5. The van der Waals surface area contributed by atoms with Crippen molar-refractivity contribution in [2.45, 2.75) is 5.21 Å². The van der Waals surface area contributed by atoms with E-state index >= 15 is 0 Å². The molecule has 4 rings (SSSR count). The van der Waals surface area contributed by atoms with E-state index < -0.39 is 15.8 Å². The Kier molecular flexibility index (Phi) is 5.50. The van der Waals surface area contributed by atoms with Crippen molar-refractivity contribution in [1.82, 2.24) is 15.0 Å². The normalized spacial score (nSPS) is 11.5. The molecule has 0 spiro atoms. The summed E-state index contributed by atoms with van der Waals surface area (Å²) in [6.07, 6.45) is 0. The summed E-state index contributed by atoms with van der Waals surface area (Å²) in [6, 6.07) is 11.0. The Morgan fingerprint density at radius 2 is 2.00 bits per heavy atom. The van der Waals surface area contributed by atoms with Crippen LogP contribution in [0.3, 0.4) is 0 Å². The first-order chi connectivity index (χ1) is 13.1. The molecular formula is C18H12AsCl2N4OS. The second-order valence-corrected chi connectivity index (χ2v) is 9.49. The molecule has 2 N–H and O–H groups in total. The van der Waals surface area contributed by atoms with Crippen molar-refractivity contribution in [3.05, 3.63) is 62.9 Å². The molecule has 2 aromatic heterocycles. The van der Waals surface area contributed by atoms with Gasteiger partial charge in [-0.3, -0.25) is 0 Å². The monoisotopic (exact) mass is 477 g/mol. The minimum absolute atomic E-state index is 0.0148. The van der Waals surface area contributed by atoms with Crippen molar-refractivity contribution < 1.29 is 4.79 Å². The second kappa shape index (κ2) is 8.03. The Morgan fingerprint density at radius 1 is 1.19 bits per heavy atom. The first-order valence-corrected chi connectivity index (χ1v) is 11.8. The van der Waals surface area contributed by atoms with Gasteiger partial charge in [-0.1, -0.05) is 0 Å². The average Bonchev–Trinajstić information content (AvgIpc) is 3.28. The molecule has 1 amide bonds. The van der Waals surface area contributed by atoms with E-state index in [1.807, 2.05) is 35.7 Å². The van der Waals surface area contributed by atoms with E-state index in [0.717, 1.165) is 33.8 Å². The van der Waals surface area contributed by atoms with Gasteiger partial charge in [-0.25, -0.2) is 0 Å². The molecule has 5 nitrogen and oxygen atoms in total. The van der Waals surface area contributed by atoms with Crippen LogP contribution in [0.4, 0.5) is 10.5 Å². The fraction of sp³-hybridized carbons (Fsp3) is 0.0556. The summed E-state index contributed by atoms with van der Waals surface area (Å²) in [4.78, 5) is 24.3. The summed E-state index contributed by atoms with van der Waals surface area (Å²) in [5, 5.41) is 6.71. The summed E-state index contributed by atoms with van der Waals surface area (Å²) in [5.74, 6) is 0.721. The number of amides is 1. The topological polar surface area (TPSA) is 70.7 Å². The summed E-state index contributed by atoms with van der Waals surface area (Å²) < 4.78 is 0.0148. The van der Waals surface area contributed by atoms with E-state index in [1.165, 1.54) is 11.3 Å². The number of nitrogens with one attached hydrogen (secondary N) is 2. The number of H-pyrrole nitrogens is 1. The third-order valence-electron chi connectivity index (χ3n) is 3.74. The zero-order valence-corrected chi connectivity index (χ0v) is 17.9. The molecule has 0 bridgehead atoms. The average molecular weight is 478 g/mol. The van der Waals surface area contributed by atoms with Crippen molar-refractivity contribution in [1.29, 1.82) is 0 Å². The molecule has 0 saturated heterocycles. The van der Waals surface area contributed by atoms with Gasteiger partial charge in [0, 0.05) is 0 Å². The number of imidazole rings is 1. The maximum atomic E-state index is 12.3. The number of halogens is 2. The number of hydrogen-bond donors (Lipinski definition) is 2. The molecule has 2 heterocycles. The zero-order valence-electron chi connectivity index (χ0n) is 13.7. The van der Waals surface area contributed by atoms with Crippen LogP contribution in [0.2, 0.25) is 10.0 Å². The Morgan fingerprint density at radius 3 is 2.74 bits per heavy atom. The van der Waals surface area contributed by atoms with Crippen molar-refractivity contribution in [2.75, 3.05) is 5.32 Å². The van der Waals surface area contributed by atoms with Crippen LogP contribution >= 0.6 is 34.5 Å². The fourth-order valence-corrected chi connectivity index (χ4v) is 5.18. The number of nitrogens with zero attached hydrogens (tertiary/aromatic N) is 2. The van der Waals surface area contributed by atoms with E-state index in [1.54, 1.807) is 11.6 Å². The van der Waals surface area contributed by atoms with Gasteiger partial charge in [0.05, 0.1) is 0 Å². The van der Waals surface area contributed by atoms with Crippen molar-refractivity contribution in [2.24, 2.45) is 0 Å². The molecule has 27 heavy (non-hydrogen) atoms. The quantitative estimate of drug-likeness (QED) is 0.376. The molecular weight excluding hydrogens is 466 g/mol. The Balaban J connectivity index is 1.44. The number of fused-ring (bicyclic) bond motifs is 1. The Labute approximate surface area is 175 Å². The van der Waals surface area contributed by atoms with Gasteiger partial charge in [0.15, 0.2) is 0 Å². The predicted octanol–water partition coefficient (Wildman–Crippen LogP) is 5.43. The number of carbonyl (C=O) groups excluding carboxylic acids is 1. The molecule has 135 valence electrons. The summed E-state index contributed by atoms with van der Waals surface area (Å²) in [7, 11) is 0. The van der Waals surface area contributed by atoms with E-state index in [9.17, 15) is 4.79 Å². The van der Waals surface area contributed by atoms with Gasteiger partial charge >= 0.3 is 176 Å². The minimum atomic E-state index is -0.580. The molecule has 9 heteroatoms. The number of carbonyl (C=O) groups is 1. The molecule has 0 aliphatic heterocycles. The van der Waals surface area contributed by atoms with E-state index in [4.69, 9.17) is 23.2 Å². The molecule has 0 fully saturated rings. The third-order valence-corrected chi connectivity index (χ3v) is 6.69. The second-order valence-electron chi connectivity index (χ2n) is 5.72. The molecule has 0 atom stereocenters. The molecule has 1 radical (unpaired) electrons. The van der Waals surface area contributed by atoms with Crippen LogP contribution in [0, 0.1) is 0 Å². The van der Waals surface area contributed by atoms with Crippen molar-refractivity contribution in [3.8, 4) is 11.5 Å². The van der Waals surface area contributed by atoms with Gasteiger partial charge in [-0.15, -0.1) is 0 Å². The first-order valence-electron chi connectivity index (χ1n) is 7.88. The van der Waals surface area contributed by atoms with Crippen LogP contribution in [0.15, 0.2) is 47.3 Å². The molecule has 0 unspecified atom stereocenters. The third kappa shape index (κ3) is 4.53. The van der Waals surface area contributed by atoms with Crippen molar-refractivity contribution >= 4 is 71.7 Å². The SMILES string of the molecule is O=C(Nc1ccc2nc(-c3cscn3)[nH]c2c1)[As]Cc1cc(Cl)cc(Cl)c1. The van der Waals surface area contributed by atoms with Gasteiger partial charge in [-0.2, -0.15) is 0 Å². The molecule has 0 saturated carbocycles. The van der Waals surface area contributed by atoms with Gasteiger partial charge < -0.3 is 0 Å². The molecule has 0 aliphatic carbocycles. The standard InChI is InChI=1S/C18H12AsCl2N4OS/c20-11-3-10(4-12(21)5-11)7-19-18(26)23-13-1-2-14-15(6-13)25-17(24-14)16-8-27-9-22-16/h1-6,8-9H,7H2,(H,23,26)(H,24,25). The summed E-state index contributed by atoms with van der Waals surface area (Å²) in [6.45, 7) is 0. The van der Waals surface area contributed by atoms with Gasteiger partial charge in [0.1, 0.15) is 0 Å². The van der Waals surface area contributed by atoms with Crippen LogP contribution in [0.5, 0.6) is 0 Å². The number of hydrogen-bond acceptors (Lipinski definition) is 4. The number of anilines is 1. The van der Waals surface area contributed by atoms with Crippen molar-refractivity contribution in [3.63, 3.8) is 0 Å². The van der Waals surface area contributed by atoms with Crippen LogP contribution in [-0.4, -0.2) is 35.4 Å². The number of benzene rings is 2. The van der Waals surface area contributed by atoms with Crippen LogP contribution in [-0.2, 0) is 5.21 Å². The van der Waals surface area contributed by atoms with E-state index in [0.29, 0.717) is 15.3 Å². The Bertz CT molecular complexity index is 1090. The summed E-state index contributed by atoms with van der Waals surface area (Å²) >= 11 is 12.9. The fourth-order valence-electron chi connectivity index (χ4n) is 2.57. The van der Waals surface area contributed by atoms with Crippen LogP contribution in [0.25, 0.3) is 22.6 Å². The maximum absolute atomic E-state index is 12.3. The zero-order chi connectivity index (χ0) is 18.8. The van der Waals surface area contributed by atoms with Crippen LogP contribution < -0.4 is 5.32 Å². The number of aromatic amines is 1. The number of aromatic nitrogens is 3. The number of rotatable bonds is 5.